The van der Waals surface area contributed by atoms with E-state index in [2.05, 4.69) is 20.9 Å². The first-order valence-corrected chi connectivity index (χ1v) is 7.90. The van der Waals surface area contributed by atoms with Gasteiger partial charge < -0.3 is 20.9 Å². The van der Waals surface area contributed by atoms with Crippen molar-refractivity contribution in [3.63, 3.8) is 0 Å². The standard InChI is InChI=1S/C15H23ClN4OS/c1-11-12(16)6-4-7-13(11)19-14(21)10-18-15(22)17-8-5-9-20(2)3/h4,6-7H,5,8-10H2,1-3H3,(H,19,21)(H2,17,18,22). The third kappa shape index (κ3) is 7.06. The minimum Gasteiger partial charge on any atom is -0.363 e. The molecule has 1 aromatic rings. The fraction of sp³-hybridized carbons (Fsp3) is 0.467. The maximum Gasteiger partial charge on any atom is 0.243 e. The Hall–Kier alpha value is -1.37. The zero-order valence-electron chi connectivity index (χ0n) is 13.2. The lowest BCUT2D eigenvalue weighted by molar-refractivity contribution is -0.115. The van der Waals surface area contributed by atoms with Crippen LogP contribution in [0.1, 0.15) is 12.0 Å². The van der Waals surface area contributed by atoms with Crippen LogP contribution in [-0.2, 0) is 4.79 Å². The van der Waals surface area contributed by atoms with Crippen molar-refractivity contribution in [1.82, 2.24) is 15.5 Å². The first kappa shape index (κ1) is 18.7. The molecule has 0 radical (unpaired) electrons. The number of amides is 1. The number of nitrogens with zero attached hydrogens (tertiary/aromatic N) is 1. The van der Waals surface area contributed by atoms with Gasteiger partial charge in [-0.25, -0.2) is 0 Å². The number of hydrogen-bond donors (Lipinski definition) is 3. The Balaban J connectivity index is 2.28. The van der Waals surface area contributed by atoms with Gasteiger partial charge in [0.15, 0.2) is 5.11 Å². The van der Waals surface area contributed by atoms with Crippen LogP contribution in [0.5, 0.6) is 0 Å². The smallest absolute Gasteiger partial charge is 0.243 e. The molecule has 0 saturated heterocycles. The lowest BCUT2D eigenvalue weighted by atomic mass is 10.2. The van der Waals surface area contributed by atoms with Gasteiger partial charge in [0.2, 0.25) is 5.91 Å². The van der Waals surface area contributed by atoms with E-state index in [1.54, 1.807) is 12.1 Å². The molecule has 122 valence electrons. The highest BCUT2D eigenvalue weighted by atomic mass is 35.5. The zero-order valence-corrected chi connectivity index (χ0v) is 14.8. The van der Waals surface area contributed by atoms with E-state index in [1.165, 1.54) is 0 Å². The van der Waals surface area contributed by atoms with Crippen LogP contribution in [0, 0.1) is 6.92 Å². The summed E-state index contributed by atoms with van der Waals surface area (Å²) in [4.78, 5) is 14.0. The lowest BCUT2D eigenvalue weighted by Crippen LogP contribution is -2.40. The SMILES string of the molecule is Cc1c(Cl)cccc1NC(=O)CNC(=S)NCCCN(C)C. The number of nitrogens with one attached hydrogen (secondary N) is 3. The van der Waals surface area contributed by atoms with E-state index in [-0.39, 0.29) is 12.5 Å². The largest absolute Gasteiger partial charge is 0.363 e. The molecule has 0 aliphatic rings. The molecule has 3 N–H and O–H groups in total. The van der Waals surface area contributed by atoms with Gasteiger partial charge in [0.05, 0.1) is 6.54 Å². The monoisotopic (exact) mass is 342 g/mol. The molecule has 7 heteroatoms. The van der Waals surface area contributed by atoms with E-state index in [4.69, 9.17) is 23.8 Å². The van der Waals surface area contributed by atoms with Gasteiger partial charge in [0.25, 0.3) is 0 Å². The van der Waals surface area contributed by atoms with Crippen molar-refractivity contribution in [2.45, 2.75) is 13.3 Å². The first-order valence-electron chi connectivity index (χ1n) is 7.11. The minimum atomic E-state index is -0.164. The van der Waals surface area contributed by atoms with Crippen molar-refractivity contribution >= 4 is 40.5 Å². The highest BCUT2D eigenvalue weighted by Gasteiger charge is 2.07. The summed E-state index contributed by atoms with van der Waals surface area (Å²) in [6.45, 7) is 3.75. The topological polar surface area (TPSA) is 56.4 Å². The second-order valence-electron chi connectivity index (χ2n) is 5.23. The Kier molecular flexibility index (Phi) is 8.16. The van der Waals surface area contributed by atoms with Crippen molar-refractivity contribution < 1.29 is 4.79 Å². The maximum atomic E-state index is 11.9. The summed E-state index contributed by atoms with van der Waals surface area (Å²) < 4.78 is 0. The van der Waals surface area contributed by atoms with Crippen LogP contribution in [0.3, 0.4) is 0 Å². The van der Waals surface area contributed by atoms with Crippen LogP contribution in [0.15, 0.2) is 18.2 Å². The number of thiocarbonyl (C=S) groups is 1. The zero-order chi connectivity index (χ0) is 16.5. The third-order valence-corrected chi connectivity index (χ3v) is 3.72. The van der Waals surface area contributed by atoms with Gasteiger partial charge in [0, 0.05) is 17.3 Å². The molecule has 0 atom stereocenters. The molecule has 22 heavy (non-hydrogen) atoms. The Morgan fingerprint density at radius 2 is 2.05 bits per heavy atom. The second-order valence-corrected chi connectivity index (χ2v) is 6.04. The van der Waals surface area contributed by atoms with Crippen LogP contribution in [0.2, 0.25) is 5.02 Å². The van der Waals surface area contributed by atoms with E-state index in [1.807, 2.05) is 27.1 Å². The Morgan fingerprint density at radius 3 is 2.73 bits per heavy atom. The number of hydrogen-bond acceptors (Lipinski definition) is 3. The number of carbonyl (C=O) groups excluding carboxylic acids is 1. The summed E-state index contributed by atoms with van der Waals surface area (Å²) in [5.41, 5.74) is 1.56. The Morgan fingerprint density at radius 1 is 1.32 bits per heavy atom. The number of carbonyl (C=O) groups is 1. The molecule has 1 aromatic carbocycles. The fourth-order valence-electron chi connectivity index (χ4n) is 1.76. The van der Waals surface area contributed by atoms with Gasteiger partial charge in [-0.05, 0) is 63.9 Å². The average Bonchev–Trinajstić information content (AvgIpc) is 2.46. The molecule has 1 amide bonds. The summed E-state index contributed by atoms with van der Waals surface area (Å²) in [5, 5.41) is 9.88. The molecular formula is C15H23ClN4OS. The van der Waals surface area contributed by atoms with Crippen molar-refractivity contribution in [2.24, 2.45) is 0 Å². The molecule has 0 aliphatic carbocycles. The molecule has 0 spiro atoms. The number of benzene rings is 1. The second kappa shape index (κ2) is 9.61. The summed E-state index contributed by atoms with van der Waals surface area (Å²) in [5.74, 6) is -0.164. The average molecular weight is 343 g/mol. The van der Waals surface area contributed by atoms with E-state index in [0.29, 0.717) is 15.8 Å². The van der Waals surface area contributed by atoms with Crippen LogP contribution in [0.4, 0.5) is 5.69 Å². The van der Waals surface area contributed by atoms with E-state index in [0.717, 1.165) is 25.1 Å². The summed E-state index contributed by atoms with van der Waals surface area (Å²) in [6, 6.07) is 5.41. The van der Waals surface area contributed by atoms with Gasteiger partial charge in [-0.15, -0.1) is 0 Å². The predicted octanol–water partition coefficient (Wildman–Crippen LogP) is 2.00. The lowest BCUT2D eigenvalue weighted by Gasteiger charge is -2.13. The molecule has 0 aliphatic heterocycles. The van der Waals surface area contributed by atoms with E-state index < -0.39 is 0 Å². The molecule has 5 nitrogen and oxygen atoms in total. The van der Waals surface area contributed by atoms with Gasteiger partial charge in [-0.1, -0.05) is 17.7 Å². The van der Waals surface area contributed by atoms with Gasteiger partial charge in [-0.2, -0.15) is 0 Å². The van der Waals surface area contributed by atoms with Crippen LogP contribution >= 0.6 is 23.8 Å². The van der Waals surface area contributed by atoms with Crippen molar-refractivity contribution in [2.75, 3.05) is 39.0 Å². The molecule has 0 fully saturated rings. The van der Waals surface area contributed by atoms with Crippen LogP contribution in [-0.4, -0.2) is 49.6 Å². The predicted molar refractivity (Wildman–Crippen MR) is 96.6 cm³/mol. The molecule has 0 aromatic heterocycles. The van der Waals surface area contributed by atoms with Crippen molar-refractivity contribution in [3.05, 3.63) is 28.8 Å². The van der Waals surface area contributed by atoms with Gasteiger partial charge in [-0.3, -0.25) is 4.79 Å². The Bertz CT molecular complexity index is 522. The Labute approximate surface area is 142 Å². The first-order chi connectivity index (χ1) is 10.4. The fourth-order valence-corrected chi connectivity index (χ4v) is 2.11. The molecule has 0 unspecified atom stereocenters. The van der Waals surface area contributed by atoms with Crippen LogP contribution < -0.4 is 16.0 Å². The quantitative estimate of drug-likeness (QED) is 0.523. The van der Waals surface area contributed by atoms with Crippen LogP contribution in [0.25, 0.3) is 0 Å². The number of anilines is 1. The highest BCUT2D eigenvalue weighted by molar-refractivity contribution is 7.80. The maximum absolute atomic E-state index is 11.9. The molecular weight excluding hydrogens is 320 g/mol. The van der Waals surface area contributed by atoms with E-state index in [9.17, 15) is 4.79 Å². The van der Waals surface area contributed by atoms with Gasteiger partial charge in [0.1, 0.15) is 0 Å². The normalized spacial score (nSPS) is 10.4. The van der Waals surface area contributed by atoms with Crippen molar-refractivity contribution in [3.8, 4) is 0 Å². The van der Waals surface area contributed by atoms with E-state index >= 15 is 0 Å². The third-order valence-electron chi connectivity index (χ3n) is 3.02. The molecule has 0 heterocycles. The number of rotatable bonds is 7. The molecule has 0 bridgehead atoms. The van der Waals surface area contributed by atoms with Crippen molar-refractivity contribution in [1.29, 1.82) is 0 Å². The minimum absolute atomic E-state index is 0.117. The summed E-state index contributed by atoms with van der Waals surface area (Å²) in [6.07, 6.45) is 0.989. The molecule has 1 rings (SSSR count). The molecule has 0 saturated carbocycles. The number of halogens is 1. The highest BCUT2D eigenvalue weighted by Crippen LogP contribution is 2.22. The van der Waals surface area contributed by atoms with Gasteiger partial charge >= 0.3 is 0 Å². The summed E-state index contributed by atoms with van der Waals surface area (Å²) in [7, 11) is 4.05. The summed E-state index contributed by atoms with van der Waals surface area (Å²) >= 11 is 11.1.